The predicted octanol–water partition coefficient (Wildman–Crippen LogP) is 2.17. The molecule has 2 atom stereocenters. The van der Waals surface area contributed by atoms with E-state index in [1.807, 2.05) is 0 Å². The fourth-order valence-electron chi connectivity index (χ4n) is 2.15. The molecule has 1 aromatic heterocycles. The van der Waals surface area contributed by atoms with Crippen LogP contribution in [-0.4, -0.2) is 38.4 Å². The van der Waals surface area contributed by atoms with Crippen molar-refractivity contribution >= 4 is 11.8 Å². The lowest BCUT2D eigenvalue weighted by Gasteiger charge is -2.34. The van der Waals surface area contributed by atoms with E-state index >= 15 is 0 Å². The van der Waals surface area contributed by atoms with Gasteiger partial charge in [0.1, 0.15) is 17.2 Å². The molecule has 0 unspecified atom stereocenters. The van der Waals surface area contributed by atoms with Crippen molar-refractivity contribution < 1.29 is 18.6 Å². The number of benzene rings is 1. The van der Waals surface area contributed by atoms with Crippen LogP contribution in [-0.2, 0) is 16.9 Å². The first-order valence-corrected chi connectivity index (χ1v) is 7.65. The number of aromatic nitrogens is 3. The maximum atomic E-state index is 14.2. The SMILES string of the molecule is COCS[C@H](C)[C@](O)(Cn1ccnn1)c1ccc(F)cc1F. The van der Waals surface area contributed by atoms with E-state index in [1.165, 1.54) is 35.8 Å². The molecule has 2 aromatic rings. The lowest BCUT2D eigenvalue weighted by atomic mass is 9.90. The first-order valence-electron chi connectivity index (χ1n) is 6.60. The number of hydrogen-bond donors (Lipinski definition) is 1. The lowest BCUT2D eigenvalue weighted by Crippen LogP contribution is -2.41. The summed E-state index contributed by atoms with van der Waals surface area (Å²) >= 11 is 1.32. The summed E-state index contributed by atoms with van der Waals surface area (Å²) in [5.41, 5.74) is -1.57. The van der Waals surface area contributed by atoms with Gasteiger partial charge in [0, 0.05) is 30.2 Å². The number of halogens is 2. The van der Waals surface area contributed by atoms with E-state index in [2.05, 4.69) is 10.3 Å². The minimum atomic E-state index is -1.59. The zero-order valence-electron chi connectivity index (χ0n) is 12.2. The molecule has 1 aromatic carbocycles. The number of nitrogens with zero attached hydrogens (tertiary/aromatic N) is 3. The Morgan fingerprint density at radius 1 is 1.45 bits per heavy atom. The molecule has 0 spiro atoms. The Morgan fingerprint density at radius 2 is 2.23 bits per heavy atom. The van der Waals surface area contributed by atoms with Crippen LogP contribution in [0.4, 0.5) is 8.78 Å². The topological polar surface area (TPSA) is 60.2 Å². The monoisotopic (exact) mass is 329 g/mol. The fraction of sp³-hybridized carbons (Fsp3) is 0.429. The molecule has 0 amide bonds. The van der Waals surface area contributed by atoms with Crippen molar-refractivity contribution in [2.45, 2.75) is 24.3 Å². The smallest absolute Gasteiger partial charge is 0.132 e. The molecule has 0 aliphatic rings. The van der Waals surface area contributed by atoms with Crippen molar-refractivity contribution in [3.05, 3.63) is 47.8 Å². The van der Waals surface area contributed by atoms with Crippen LogP contribution < -0.4 is 0 Å². The summed E-state index contributed by atoms with van der Waals surface area (Å²) in [7, 11) is 1.54. The summed E-state index contributed by atoms with van der Waals surface area (Å²) in [6.45, 7) is 1.75. The van der Waals surface area contributed by atoms with Crippen LogP contribution in [0.15, 0.2) is 30.6 Å². The van der Waals surface area contributed by atoms with E-state index in [1.54, 1.807) is 13.1 Å². The first-order chi connectivity index (χ1) is 10.5. The minimum Gasteiger partial charge on any atom is -0.382 e. The van der Waals surface area contributed by atoms with Gasteiger partial charge in [-0.05, 0) is 6.07 Å². The first kappa shape index (κ1) is 16.9. The van der Waals surface area contributed by atoms with Gasteiger partial charge in [-0.15, -0.1) is 16.9 Å². The number of rotatable bonds is 7. The van der Waals surface area contributed by atoms with Crippen LogP contribution in [0, 0.1) is 11.6 Å². The molecule has 120 valence electrons. The second-order valence-corrected chi connectivity index (χ2v) is 6.14. The summed E-state index contributed by atoms with van der Waals surface area (Å²) in [4.78, 5) is 0. The number of ether oxygens (including phenoxy) is 1. The molecule has 0 aliphatic heterocycles. The average Bonchev–Trinajstić information content (AvgIpc) is 2.97. The summed E-state index contributed by atoms with van der Waals surface area (Å²) in [6.07, 6.45) is 3.04. The Morgan fingerprint density at radius 3 is 2.82 bits per heavy atom. The van der Waals surface area contributed by atoms with Gasteiger partial charge in [0.05, 0.1) is 18.7 Å². The molecule has 0 saturated carbocycles. The average molecular weight is 329 g/mol. The Kier molecular flexibility index (Phi) is 5.49. The van der Waals surface area contributed by atoms with Gasteiger partial charge in [0.2, 0.25) is 0 Å². The number of methoxy groups -OCH3 is 1. The summed E-state index contributed by atoms with van der Waals surface area (Å²) in [5.74, 6) is -1.15. The molecular weight excluding hydrogens is 312 g/mol. The van der Waals surface area contributed by atoms with Crippen LogP contribution in [0.5, 0.6) is 0 Å². The molecule has 8 heteroatoms. The van der Waals surface area contributed by atoms with Gasteiger partial charge in [-0.1, -0.05) is 18.2 Å². The molecular formula is C14H17F2N3O2S. The molecule has 0 fully saturated rings. The molecule has 1 N–H and O–H groups in total. The Hall–Kier alpha value is -1.51. The highest BCUT2D eigenvalue weighted by Crippen LogP contribution is 2.36. The second-order valence-electron chi connectivity index (χ2n) is 4.86. The quantitative estimate of drug-likeness (QED) is 0.789. The molecule has 0 radical (unpaired) electrons. The third-order valence-electron chi connectivity index (χ3n) is 3.38. The van der Waals surface area contributed by atoms with Crippen LogP contribution in [0.2, 0.25) is 0 Å². The summed E-state index contributed by atoms with van der Waals surface area (Å²) < 4.78 is 33.7. The number of hydrogen-bond acceptors (Lipinski definition) is 5. The molecule has 0 saturated heterocycles. The van der Waals surface area contributed by atoms with Crippen molar-refractivity contribution in [1.29, 1.82) is 0 Å². The van der Waals surface area contributed by atoms with E-state index in [0.717, 1.165) is 12.1 Å². The highest BCUT2D eigenvalue weighted by Gasteiger charge is 2.39. The largest absolute Gasteiger partial charge is 0.382 e. The van der Waals surface area contributed by atoms with E-state index in [9.17, 15) is 13.9 Å². The summed E-state index contributed by atoms with van der Waals surface area (Å²) in [5, 5.41) is 18.2. The van der Waals surface area contributed by atoms with E-state index in [-0.39, 0.29) is 12.1 Å². The van der Waals surface area contributed by atoms with E-state index in [0.29, 0.717) is 5.94 Å². The van der Waals surface area contributed by atoms with Gasteiger partial charge < -0.3 is 9.84 Å². The normalized spacial score (nSPS) is 15.5. The summed E-state index contributed by atoms with van der Waals surface area (Å²) in [6, 6.07) is 3.14. The van der Waals surface area contributed by atoms with Gasteiger partial charge in [-0.3, -0.25) is 0 Å². The highest BCUT2D eigenvalue weighted by molar-refractivity contribution is 7.99. The second kappa shape index (κ2) is 7.17. The third-order valence-corrected chi connectivity index (χ3v) is 4.64. The van der Waals surface area contributed by atoms with Gasteiger partial charge in [-0.2, -0.15) is 0 Å². The van der Waals surface area contributed by atoms with Crippen LogP contribution in [0.25, 0.3) is 0 Å². The van der Waals surface area contributed by atoms with Crippen molar-refractivity contribution in [3.63, 3.8) is 0 Å². The van der Waals surface area contributed by atoms with Gasteiger partial charge in [0.15, 0.2) is 0 Å². The Balaban J connectivity index is 2.39. The number of aliphatic hydroxyl groups is 1. The van der Waals surface area contributed by atoms with Gasteiger partial charge in [0.25, 0.3) is 0 Å². The lowest BCUT2D eigenvalue weighted by molar-refractivity contribution is 0.0125. The molecule has 22 heavy (non-hydrogen) atoms. The zero-order chi connectivity index (χ0) is 16.2. The molecule has 2 rings (SSSR count). The van der Waals surface area contributed by atoms with Gasteiger partial charge in [-0.25, -0.2) is 13.5 Å². The zero-order valence-corrected chi connectivity index (χ0v) is 13.1. The van der Waals surface area contributed by atoms with Crippen molar-refractivity contribution in [2.75, 3.05) is 13.0 Å². The Bertz CT molecular complexity index is 612. The van der Waals surface area contributed by atoms with Crippen molar-refractivity contribution in [3.8, 4) is 0 Å². The van der Waals surface area contributed by atoms with Crippen molar-refractivity contribution in [2.24, 2.45) is 0 Å². The van der Waals surface area contributed by atoms with E-state index in [4.69, 9.17) is 4.74 Å². The molecule has 1 heterocycles. The Labute approximate surface area is 131 Å². The van der Waals surface area contributed by atoms with Crippen LogP contribution >= 0.6 is 11.8 Å². The van der Waals surface area contributed by atoms with Crippen LogP contribution in [0.3, 0.4) is 0 Å². The third kappa shape index (κ3) is 3.63. The number of thioether (sulfide) groups is 1. The standard InChI is InChI=1S/C14H17F2N3O2S/c1-10(22-9-21-2)14(20,8-19-6-5-17-18-19)12-4-3-11(15)7-13(12)16/h3-7,10,20H,8-9H2,1-2H3/t10-,14-/m1/s1. The molecule has 0 aliphatic carbocycles. The minimum absolute atomic E-state index is 0.00651. The maximum Gasteiger partial charge on any atom is 0.132 e. The van der Waals surface area contributed by atoms with Crippen LogP contribution in [0.1, 0.15) is 12.5 Å². The van der Waals surface area contributed by atoms with Crippen molar-refractivity contribution in [1.82, 2.24) is 15.0 Å². The maximum absolute atomic E-state index is 14.2. The highest BCUT2D eigenvalue weighted by atomic mass is 32.2. The van der Waals surface area contributed by atoms with Gasteiger partial charge >= 0.3 is 0 Å². The molecule has 5 nitrogen and oxygen atoms in total. The van der Waals surface area contributed by atoms with E-state index < -0.39 is 22.5 Å². The molecule has 0 bridgehead atoms. The predicted molar refractivity (Wildman–Crippen MR) is 79.2 cm³/mol. The fourth-order valence-corrected chi connectivity index (χ4v) is 2.96.